The molecule has 3 nitrogen and oxygen atoms in total. The fourth-order valence-electron chi connectivity index (χ4n) is 1.89. The van der Waals surface area contributed by atoms with Crippen LogP contribution in [0.2, 0.25) is 5.02 Å². The van der Waals surface area contributed by atoms with E-state index in [0.29, 0.717) is 5.88 Å². The van der Waals surface area contributed by atoms with Crippen molar-refractivity contribution in [2.45, 2.75) is 27.3 Å². The van der Waals surface area contributed by atoms with E-state index in [0.717, 1.165) is 40.6 Å². The summed E-state index contributed by atoms with van der Waals surface area (Å²) >= 11 is 6.01. The molecular weight excluding hydrogens is 272 g/mol. The maximum absolute atomic E-state index is 6.01. The first-order valence-corrected chi connectivity index (χ1v) is 7.08. The third kappa shape index (κ3) is 3.71. The van der Waals surface area contributed by atoms with Gasteiger partial charge in [0.1, 0.15) is 5.75 Å². The van der Waals surface area contributed by atoms with E-state index in [-0.39, 0.29) is 0 Å². The van der Waals surface area contributed by atoms with E-state index in [1.54, 1.807) is 0 Å². The van der Waals surface area contributed by atoms with E-state index in [9.17, 15) is 0 Å². The molecule has 0 radical (unpaired) electrons. The summed E-state index contributed by atoms with van der Waals surface area (Å²) in [6, 6.07) is 7.69. The van der Waals surface area contributed by atoms with E-state index in [2.05, 4.69) is 23.3 Å². The normalized spacial score (nSPS) is 10.6. The minimum absolute atomic E-state index is 0.631. The van der Waals surface area contributed by atoms with Crippen LogP contribution < -0.4 is 10.1 Å². The van der Waals surface area contributed by atoms with E-state index in [1.165, 1.54) is 0 Å². The molecule has 0 aliphatic carbocycles. The number of halogens is 1. The molecule has 0 atom stereocenters. The van der Waals surface area contributed by atoms with Crippen molar-refractivity contribution in [3.63, 3.8) is 0 Å². The predicted octanol–water partition coefficient (Wildman–Crippen LogP) is 4.25. The molecule has 0 aliphatic heterocycles. The lowest BCUT2D eigenvalue weighted by Crippen LogP contribution is -2.12. The zero-order valence-corrected chi connectivity index (χ0v) is 12.8. The molecule has 0 unspecified atom stereocenters. The Bertz CT molecular complexity index is 599. The number of benzene rings is 1. The number of ether oxygens (including phenoxy) is 1. The minimum atomic E-state index is 0.631. The van der Waals surface area contributed by atoms with Crippen LogP contribution in [0.3, 0.4) is 0 Å². The van der Waals surface area contributed by atoms with Crippen molar-refractivity contribution in [3.05, 3.63) is 52.2 Å². The number of hydrogen-bond acceptors (Lipinski definition) is 3. The summed E-state index contributed by atoms with van der Waals surface area (Å²) in [7, 11) is 0. The second-order valence-corrected chi connectivity index (χ2v) is 5.17. The molecule has 1 heterocycles. The Kier molecular flexibility index (Phi) is 4.99. The molecule has 0 fully saturated rings. The second kappa shape index (κ2) is 6.73. The van der Waals surface area contributed by atoms with Gasteiger partial charge in [-0.05, 0) is 55.8 Å². The van der Waals surface area contributed by atoms with E-state index < -0.39 is 0 Å². The van der Waals surface area contributed by atoms with Crippen LogP contribution >= 0.6 is 11.6 Å². The second-order valence-electron chi connectivity index (χ2n) is 4.76. The minimum Gasteiger partial charge on any atom is -0.439 e. The molecule has 4 heteroatoms. The lowest BCUT2D eigenvalue weighted by Gasteiger charge is -2.10. The first kappa shape index (κ1) is 14.8. The van der Waals surface area contributed by atoms with Crippen molar-refractivity contribution in [2.24, 2.45) is 0 Å². The molecule has 0 saturated carbocycles. The van der Waals surface area contributed by atoms with Crippen molar-refractivity contribution in [1.29, 1.82) is 0 Å². The van der Waals surface area contributed by atoms with Crippen LogP contribution in [0.5, 0.6) is 11.6 Å². The van der Waals surface area contributed by atoms with Gasteiger partial charge in [-0.3, -0.25) is 0 Å². The highest BCUT2D eigenvalue weighted by atomic mass is 35.5. The number of nitrogens with zero attached hydrogens (tertiary/aromatic N) is 1. The standard InChI is InChI=1S/C16H19ClN2O/c1-4-18-9-13-7-12(3)16(19-10-13)20-14-5-6-15(17)11(2)8-14/h5-8,10,18H,4,9H2,1-3H3. The largest absolute Gasteiger partial charge is 0.439 e. The molecule has 0 bridgehead atoms. The summed E-state index contributed by atoms with van der Waals surface area (Å²) in [5, 5.41) is 4.02. The number of aromatic nitrogens is 1. The smallest absolute Gasteiger partial charge is 0.222 e. The zero-order valence-electron chi connectivity index (χ0n) is 12.0. The maximum atomic E-state index is 6.01. The van der Waals surface area contributed by atoms with Gasteiger partial charge < -0.3 is 10.1 Å². The van der Waals surface area contributed by atoms with Gasteiger partial charge in [0.05, 0.1) is 0 Å². The lowest BCUT2D eigenvalue weighted by atomic mass is 10.2. The van der Waals surface area contributed by atoms with Gasteiger partial charge in [-0.1, -0.05) is 18.5 Å². The van der Waals surface area contributed by atoms with Crippen LogP contribution in [0.15, 0.2) is 30.5 Å². The zero-order chi connectivity index (χ0) is 14.5. The van der Waals surface area contributed by atoms with Gasteiger partial charge in [0.2, 0.25) is 5.88 Å². The summed E-state index contributed by atoms with van der Waals surface area (Å²) in [5.74, 6) is 1.38. The van der Waals surface area contributed by atoms with Crippen LogP contribution in [0.4, 0.5) is 0 Å². The van der Waals surface area contributed by atoms with Gasteiger partial charge in [0.25, 0.3) is 0 Å². The molecule has 1 N–H and O–H groups in total. The molecule has 106 valence electrons. The van der Waals surface area contributed by atoms with Crippen LogP contribution in [-0.2, 0) is 6.54 Å². The topological polar surface area (TPSA) is 34.2 Å². The predicted molar refractivity (Wildman–Crippen MR) is 82.6 cm³/mol. The molecule has 2 rings (SSSR count). The van der Waals surface area contributed by atoms with Gasteiger partial charge in [-0.25, -0.2) is 4.98 Å². The molecule has 0 amide bonds. The highest BCUT2D eigenvalue weighted by molar-refractivity contribution is 6.31. The van der Waals surface area contributed by atoms with Crippen molar-refractivity contribution in [2.75, 3.05) is 6.54 Å². The Labute approximate surface area is 124 Å². The van der Waals surface area contributed by atoms with E-state index in [1.807, 2.05) is 38.2 Å². The summed E-state index contributed by atoms with van der Waals surface area (Å²) < 4.78 is 5.81. The third-order valence-electron chi connectivity index (χ3n) is 3.01. The van der Waals surface area contributed by atoms with Crippen molar-refractivity contribution >= 4 is 11.6 Å². The number of pyridine rings is 1. The molecule has 1 aromatic carbocycles. The monoisotopic (exact) mass is 290 g/mol. The Hall–Kier alpha value is -1.58. The Morgan fingerprint density at radius 1 is 1.20 bits per heavy atom. The Balaban J connectivity index is 2.14. The summed E-state index contributed by atoms with van der Waals surface area (Å²) in [5.41, 5.74) is 3.17. The van der Waals surface area contributed by atoms with Gasteiger partial charge >= 0.3 is 0 Å². The van der Waals surface area contributed by atoms with Crippen LogP contribution in [0.25, 0.3) is 0 Å². The Morgan fingerprint density at radius 3 is 2.65 bits per heavy atom. The third-order valence-corrected chi connectivity index (χ3v) is 3.43. The highest BCUT2D eigenvalue weighted by Crippen LogP contribution is 2.26. The molecule has 1 aromatic heterocycles. The first-order valence-electron chi connectivity index (χ1n) is 6.70. The van der Waals surface area contributed by atoms with Crippen LogP contribution in [0.1, 0.15) is 23.6 Å². The quantitative estimate of drug-likeness (QED) is 0.894. The molecule has 0 aliphatic rings. The number of nitrogens with one attached hydrogen (secondary N) is 1. The number of hydrogen-bond donors (Lipinski definition) is 1. The van der Waals surface area contributed by atoms with Gasteiger partial charge in [0.15, 0.2) is 0 Å². The van der Waals surface area contributed by atoms with E-state index in [4.69, 9.17) is 16.3 Å². The highest BCUT2D eigenvalue weighted by Gasteiger charge is 2.06. The van der Waals surface area contributed by atoms with Gasteiger partial charge in [-0.2, -0.15) is 0 Å². The summed E-state index contributed by atoms with van der Waals surface area (Å²) in [6.07, 6.45) is 1.84. The Morgan fingerprint density at radius 2 is 2.00 bits per heavy atom. The molecule has 2 aromatic rings. The molecule has 20 heavy (non-hydrogen) atoms. The first-order chi connectivity index (χ1) is 9.60. The van der Waals surface area contributed by atoms with E-state index >= 15 is 0 Å². The fraction of sp³-hybridized carbons (Fsp3) is 0.312. The molecule has 0 saturated heterocycles. The lowest BCUT2D eigenvalue weighted by molar-refractivity contribution is 0.458. The SMILES string of the molecule is CCNCc1cnc(Oc2ccc(Cl)c(C)c2)c(C)c1. The average molecular weight is 291 g/mol. The maximum Gasteiger partial charge on any atom is 0.222 e. The van der Waals surface area contributed by atoms with Gasteiger partial charge in [-0.15, -0.1) is 0 Å². The van der Waals surface area contributed by atoms with Gasteiger partial charge in [0, 0.05) is 23.3 Å². The number of aryl methyl sites for hydroxylation is 2. The van der Waals surface area contributed by atoms with Crippen molar-refractivity contribution in [3.8, 4) is 11.6 Å². The molecular formula is C16H19ClN2O. The van der Waals surface area contributed by atoms with Crippen molar-refractivity contribution in [1.82, 2.24) is 10.3 Å². The number of rotatable bonds is 5. The van der Waals surface area contributed by atoms with Crippen molar-refractivity contribution < 1.29 is 4.74 Å². The molecule has 0 spiro atoms. The summed E-state index contributed by atoms with van der Waals surface area (Å²) in [4.78, 5) is 4.38. The fourth-order valence-corrected chi connectivity index (χ4v) is 2.00. The average Bonchev–Trinajstić information content (AvgIpc) is 2.43. The van der Waals surface area contributed by atoms with Crippen LogP contribution in [0, 0.1) is 13.8 Å². The summed E-state index contributed by atoms with van der Waals surface area (Å²) in [6.45, 7) is 7.81. The van der Waals surface area contributed by atoms with Crippen LogP contribution in [-0.4, -0.2) is 11.5 Å².